The summed E-state index contributed by atoms with van der Waals surface area (Å²) in [7, 11) is 0. The molecule has 2 atom stereocenters. The summed E-state index contributed by atoms with van der Waals surface area (Å²) in [5, 5.41) is 6.49. The molecule has 2 aliphatic rings. The zero-order chi connectivity index (χ0) is 16.8. The van der Waals surface area contributed by atoms with Crippen molar-refractivity contribution in [1.29, 1.82) is 0 Å². The Balaban J connectivity index is 1.71. The summed E-state index contributed by atoms with van der Waals surface area (Å²) in [6.07, 6.45) is 7.41. The van der Waals surface area contributed by atoms with E-state index in [-0.39, 0.29) is 18.0 Å². The van der Waals surface area contributed by atoms with Crippen LogP contribution in [0.3, 0.4) is 0 Å². The minimum absolute atomic E-state index is 0.0372. The predicted molar refractivity (Wildman–Crippen MR) is 93.5 cm³/mol. The van der Waals surface area contributed by atoms with Crippen LogP contribution >= 0.6 is 0 Å². The van der Waals surface area contributed by atoms with E-state index >= 15 is 0 Å². The number of hydrogen-bond donors (Lipinski definition) is 2. The Morgan fingerprint density at radius 1 is 1.38 bits per heavy atom. The van der Waals surface area contributed by atoms with E-state index in [1.807, 2.05) is 24.3 Å². The molecule has 2 saturated heterocycles. The maximum atomic E-state index is 12.5. The summed E-state index contributed by atoms with van der Waals surface area (Å²) >= 11 is 0. The first-order valence-electron chi connectivity index (χ1n) is 8.66. The minimum atomic E-state index is -0.0674. The molecule has 0 spiro atoms. The molecule has 128 valence electrons. The van der Waals surface area contributed by atoms with E-state index in [1.165, 1.54) is 0 Å². The van der Waals surface area contributed by atoms with Crippen molar-refractivity contribution in [2.75, 3.05) is 39.4 Å². The molecular weight excluding hydrogens is 302 g/mol. The van der Waals surface area contributed by atoms with E-state index in [1.54, 1.807) is 0 Å². The summed E-state index contributed by atoms with van der Waals surface area (Å²) in [5.74, 6) is 2.73. The van der Waals surface area contributed by atoms with Gasteiger partial charge in [-0.25, -0.2) is 0 Å². The van der Waals surface area contributed by atoms with Crippen LogP contribution in [0.25, 0.3) is 0 Å². The van der Waals surface area contributed by atoms with Crippen molar-refractivity contribution in [3.05, 3.63) is 35.4 Å². The maximum absolute atomic E-state index is 12.5. The van der Waals surface area contributed by atoms with Crippen LogP contribution in [-0.4, -0.2) is 56.2 Å². The molecule has 1 aromatic carbocycles. The van der Waals surface area contributed by atoms with Gasteiger partial charge in [0.1, 0.15) is 0 Å². The van der Waals surface area contributed by atoms with Gasteiger partial charge in [0.2, 0.25) is 5.91 Å². The zero-order valence-electron chi connectivity index (χ0n) is 14.0. The van der Waals surface area contributed by atoms with Gasteiger partial charge in [0.25, 0.3) is 0 Å². The van der Waals surface area contributed by atoms with E-state index in [0.29, 0.717) is 0 Å². The number of morpholine rings is 1. The van der Waals surface area contributed by atoms with E-state index in [2.05, 4.69) is 21.5 Å². The van der Waals surface area contributed by atoms with Crippen LogP contribution in [0.2, 0.25) is 0 Å². The number of amides is 1. The van der Waals surface area contributed by atoms with Crippen LogP contribution in [0, 0.1) is 12.3 Å². The van der Waals surface area contributed by atoms with E-state index in [0.717, 1.165) is 63.4 Å². The van der Waals surface area contributed by atoms with Gasteiger partial charge in [-0.2, -0.15) is 0 Å². The van der Waals surface area contributed by atoms with Crippen molar-refractivity contribution in [1.82, 2.24) is 15.5 Å². The highest BCUT2D eigenvalue weighted by atomic mass is 16.5. The van der Waals surface area contributed by atoms with Gasteiger partial charge < -0.3 is 15.4 Å². The van der Waals surface area contributed by atoms with Gasteiger partial charge >= 0.3 is 0 Å². The van der Waals surface area contributed by atoms with E-state index in [4.69, 9.17) is 11.2 Å². The summed E-state index contributed by atoms with van der Waals surface area (Å²) in [5.41, 5.74) is 1.94. The van der Waals surface area contributed by atoms with E-state index in [9.17, 15) is 4.79 Å². The first-order chi connectivity index (χ1) is 11.8. The lowest BCUT2D eigenvalue weighted by Crippen LogP contribution is -2.47. The third-order valence-electron chi connectivity index (χ3n) is 4.72. The number of hydrogen-bond acceptors (Lipinski definition) is 4. The topological polar surface area (TPSA) is 53.6 Å². The normalized spacial score (nSPS) is 22.7. The molecule has 0 aromatic heterocycles. The first kappa shape index (κ1) is 17.0. The molecule has 0 bridgehead atoms. The highest BCUT2D eigenvalue weighted by Crippen LogP contribution is 2.17. The molecule has 1 aromatic rings. The summed E-state index contributed by atoms with van der Waals surface area (Å²) in [4.78, 5) is 14.9. The second kappa shape index (κ2) is 8.29. The van der Waals surface area contributed by atoms with Gasteiger partial charge in [-0.15, -0.1) is 6.42 Å². The van der Waals surface area contributed by atoms with Crippen LogP contribution in [0.4, 0.5) is 0 Å². The second-order valence-corrected chi connectivity index (χ2v) is 6.39. The third kappa shape index (κ3) is 4.35. The lowest BCUT2D eigenvalue weighted by Gasteiger charge is -2.31. The van der Waals surface area contributed by atoms with Crippen LogP contribution in [0.1, 0.15) is 30.0 Å². The Hall–Kier alpha value is -1.87. The Morgan fingerprint density at radius 2 is 2.12 bits per heavy atom. The SMILES string of the molecule is C#Cc1ccc([C@H](CN2CCOCC2)NC(=O)C2CCCN2)cc1. The molecule has 3 rings (SSSR count). The number of nitrogens with zero attached hydrogens (tertiary/aromatic N) is 1. The van der Waals surface area contributed by atoms with Crippen molar-refractivity contribution < 1.29 is 9.53 Å². The fourth-order valence-electron chi connectivity index (χ4n) is 3.27. The van der Waals surface area contributed by atoms with Crippen molar-refractivity contribution in [3.63, 3.8) is 0 Å². The minimum Gasteiger partial charge on any atom is -0.379 e. The number of nitrogens with one attached hydrogen (secondary N) is 2. The maximum Gasteiger partial charge on any atom is 0.237 e. The van der Waals surface area contributed by atoms with Crippen molar-refractivity contribution >= 4 is 5.91 Å². The van der Waals surface area contributed by atoms with Crippen molar-refractivity contribution in [2.45, 2.75) is 24.9 Å². The lowest BCUT2D eigenvalue weighted by atomic mass is 10.0. The highest BCUT2D eigenvalue weighted by molar-refractivity contribution is 5.82. The molecule has 2 heterocycles. The number of ether oxygens (including phenoxy) is 1. The molecule has 2 aliphatic heterocycles. The zero-order valence-corrected chi connectivity index (χ0v) is 14.0. The number of rotatable bonds is 5. The molecule has 2 fully saturated rings. The second-order valence-electron chi connectivity index (χ2n) is 6.39. The smallest absolute Gasteiger partial charge is 0.237 e. The Kier molecular flexibility index (Phi) is 5.86. The molecule has 0 radical (unpaired) electrons. The average molecular weight is 327 g/mol. The molecule has 5 nitrogen and oxygen atoms in total. The van der Waals surface area contributed by atoms with Gasteiger partial charge in [0.15, 0.2) is 0 Å². The molecule has 1 unspecified atom stereocenters. The van der Waals surface area contributed by atoms with Gasteiger partial charge in [0.05, 0.1) is 25.3 Å². The third-order valence-corrected chi connectivity index (χ3v) is 4.72. The monoisotopic (exact) mass is 327 g/mol. The van der Waals surface area contributed by atoms with Crippen LogP contribution in [0.15, 0.2) is 24.3 Å². The molecule has 24 heavy (non-hydrogen) atoms. The predicted octanol–water partition coefficient (Wildman–Crippen LogP) is 0.909. The number of carbonyl (C=O) groups is 1. The van der Waals surface area contributed by atoms with Crippen LogP contribution in [0.5, 0.6) is 0 Å². The summed E-state index contributed by atoms with van der Waals surface area (Å²) in [6, 6.07) is 7.79. The van der Waals surface area contributed by atoms with Gasteiger partial charge in [-0.05, 0) is 37.1 Å². The molecule has 0 aliphatic carbocycles. The summed E-state index contributed by atoms with van der Waals surface area (Å²) in [6.45, 7) is 5.01. The van der Waals surface area contributed by atoms with Gasteiger partial charge in [-0.3, -0.25) is 9.69 Å². The molecule has 1 amide bonds. The van der Waals surface area contributed by atoms with Crippen molar-refractivity contribution in [3.8, 4) is 12.3 Å². The lowest BCUT2D eigenvalue weighted by molar-refractivity contribution is -0.123. The van der Waals surface area contributed by atoms with Crippen molar-refractivity contribution in [2.24, 2.45) is 0 Å². The number of benzene rings is 1. The molecule has 2 N–H and O–H groups in total. The van der Waals surface area contributed by atoms with Gasteiger partial charge in [0, 0.05) is 25.2 Å². The number of terminal acetylenes is 1. The number of carbonyl (C=O) groups excluding carboxylic acids is 1. The Labute approximate surface area is 143 Å². The molecule has 0 saturated carbocycles. The molecule has 5 heteroatoms. The first-order valence-corrected chi connectivity index (χ1v) is 8.66. The average Bonchev–Trinajstić information content (AvgIpc) is 3.17. The van der Waals surface area contributed by atoms with Gasteiger partial charge in [-0.1, -0.05) is 18.1 Å². The van der Waals surface area contributed by atoms with E-state index < -0.39 is 0 Å². The quantitative estimate of drug-likeness (QED) is 0.790. The Morgan fingerprint density at radius 3 is 2.75 bits per heavy atom. The van der Waals surface area contributed by atoms with Crippen LogP contribution < -0.4 is 10.6 Å². The largest absolute Gasteiger partial charge is 0.379 e. The fourth-order valence-corrected chi connectivity index (χ4v) is 3.27. The molecular formula is C19H25N3O2. The Bertz CT molecular complexity index is 582. The summed E-state index contributed by atoms with van der Waals surface area (Å²) < 4.78 is 5.42. The highest BCUT2D eigenvalue weighted by Gasteiger charge is 2.26. The van der Waals surface area contributed by atoms with Crippen LogP contribution in [-0.2, 0) is 9.53 Å². The fraction of sp³-hybridized carbons (Fsp3) is 0.526. The standard InChI is InChI=1S/C19H25N3O2/c1-2-15-5-7-16(8-6-15)18(14-22-10-12-24-13-11-22)21-19(23)17-4-3-9-20-17/h1,5-8,17-18,20H,3-4,9-14H2,(H,21,23)/t17?,18-/m0/s1.